The van der Waals surface area contributed by atoms with Gasteiger partial charge in [-0.25, -0.2) is 4.79 Å². The molecule has 1 amide bonds. The molecular formula is C28H34N2O11. The highest BCUT2D eigenvalue weighted by atomic mass is 16.6. The van der Waals surface area contributed by atoms with Crippen LogP contribution < -0.4 is 10.1 Å². The second-order valence-corrected chi connectivity index (χ2v) is 11.2. The number of hydrogen-bond acceptors (Lipinski definition) is 11. The van der Waals surface area contributed by atoms with Gasteiger partial charge in [-0.15, -0.1) is 0 Å². The molecule has 0 unspecified atom stereocenters. The van der Waals surface area contributed by atoms with E-state index in [1.165, 1.54) is 13.8 Å². The first kappa shape index (κ1) is 29.0. The molecule has 13 heteroatoms. The van der Waals surface area contributed by atoms with Crippen molar-refractivity contribution in [2.75, 3.05) is 13.6 Å². The number of benzene rings is 1. The van der Waals surface area contributed by atoms with Gasteiger partial charge in [-0.1, -0.05) is 12.1 Å². The van der Waals surface area contributed by atoms with Crippen molar-refractivity contribution in [1.29, 1.82) is 0 Å². The van der Waals surface area contributed by atoms with Gasteiger partial charge >= 0.3 is 17.9 Å². The minimum Gasteiger partial charge on any atom is -0.481 e. The van der Waals surface area contributed by atoms with Gasteiger partial charge in [0, 0.05) is 23.6 Å². The lowest BCUT2D eigenvalue weighted by molar-refractivity contribution is -0.172. The van der Waals surface area contributed by atoms with Gasteiger partial charge in [-0.2, -0.15) is 0 Å². The zero-order valence-electron chi connectivity index (χ0n) is 23.0. The average molecular weight is 575 g/mol. The summed E-state index contributed by atoms with van der Waals surface area (Å²) in [6.07, 6.45) is -2.13. The average Bonchev–Trinajstić information content (AvgIpc) is 3.27. The van der Waals surface area contributed by atoms with Crippen LogP contribution in [0.2, 0.25) is 0 Å². The SMILES string of the molecule is C[C@H](NC(=O)[C@H](C)OC(=O)[C@@H](O)CC(=O)OC1=CC[C@@]2(O)[C@H]3Cc4ccc(CO)c5c4[C@@]2(CCN3C)[C@H]1O5)C(=O)O. The van der Waals surface area contributed by atoms with Gasteiger partial charge in [0.05, 0.1) is 24.0 Å². The van der Waals surface area contributed by atoms with Crippen LogP contribution in [-0.2, 0) is 47.1 Å². The Bertz CT molecular complexity index is 1330. The summed E-state index contributed by atoms with van der Waals surface area (Å²) < 4.78 is 16.9. The quantitative estimate of drug-likeness (QED) is 0.233. The molecule has 1 fully saturated rings. The van der Waals surface area contributed by atoms with E-state index in [2.05, 4.69) is 10.2 Å². The maximum absolute atomic E-state index is 12.9. The number of piperidine rings is 1. The van der Waals surface area contributed by atoms with Gasteiger partial charge in [-0.05, 0) is 51.9 Å². The minimum absolute atomic E-state index is 0.145. The van der Waals surface area contributed by atoms with Crippen LogP contribution in [0.15, 0.2) is 24.0 Å². The zero-order chi connectivity index (χ0) is 29.9. The number of carboxylic acids is 1. The number of carbonyl (C=O) groups excluding carboxylic acids is 3. The molecule has 7 atom stereocenters. The van der Waals surface area contributed by atoms with Crippen molar-refractivity contribution in [3.05, 3.63) is 40.7 Å². The molecule has 4 aliphatic rings. The molecule has 2 aliphatic heterocycles. The molecule has 41 heavy (non-hydrogen) atoms. The smallest absolute Gasteiger partial charge is 0.336 e. The number of aliphatic hydroxyl groups excluding tert-OH is 2. The van der Waals surface area contributed by atoms with Gasteiger partial charge in [0.2, 0.25) is 0 Å². The van der Waals surface area contributed by atoms with Crippen molar-refractivity contribution < 1.29 is 53.8 Å². The highest BCUT2D eigenvalue weighted by Gasteiger charge is 2.71. The van der Waals surface area contributed by atoms with Crippen LogP contribution in [0.3, 0.4) is 0 Å². The fourth-order valence-corrected chi connectivity index (χ4v) is 6.74. The van der Waals surface area contributed by atoms with Gasteiger partial charge < -0.3 is 44.9 Å². The third kappa shape index (κ3) is 4.47. The number of aliphatic carboxylic acids is 1. The van der Waals surface area contributed by atoms with Crippen molar-refractivity contribution in [2.24, 2.45) is 0 Å². The predicted molar refractivity (Wildman–Crippen MR) is 138 cm³/mol. The lowest BCUT2D eigenvalue weighted by Gasteiger charge is -2.61. The Labute approximate surface area is 235 Å². The molecule has 2 bridgehead atoms. The normalized spacial score (nSPS) is 29.7. The van der Waals surface area contributed by atoms with E-state index in [1.54, 1.807) is 12.1 Å². The fraction of sp³-hybridized carbons (Fsp3) is 0.571. The standard InChI is InChI=1S/C28H34N2O11/c1-13(25(35)36)29-24(34)14(2)39-26(37)17(32)11-20(33)40-18-6-7-28(38)19-10-15-4-5-16(12-31)22-21(15)27(28,23(18)41-22)8-9-30(19)3/h4-6,13-14,17,19,23,31-32,38H,7-12H2,1-3H3,(H,29,34)(H,35,36)/t13-,14-,17-,19+,23-,27-,28+/m0/s1. The Morgan fingerprint density at radius 1 is 1.24 bits per heavy atom. The number of ether oxygens (including phenoxy) is 3. The number of nitrogens with one attached hydrogen (secondary N) is 1. The van der Waals surface area contributed by atoms with E-state index in [0.717, 1.165) is 11.1 Å². The number of carbonyl (C=O) groups is 4. The second-order valence-electron chi connectivity index (χ2n) is 11.2. The van der Waals surface area contributed by atoms with Crippen molar-refractivity contribution in [3.63, 3.8) is 0 Å². The Morgan fingerprint density at radius 3 is 2.66 bits per heavy atom. The monoisotopic (exact) mass is 574 g/mol. The molecular weight excluding hydrogens is 540 g/mol. The third-order valence-corrected chi connectivity index (χ3v) is 8.88. The van der Waals surface area contributed by atoms with Gasteiger partial charge in [-0.3, -0.25) is 14.4 Å². The minimum atomic E-state index is -1.95. The number of nitrogens with zero attached hydrogens (tertiary/aromatic N) is 1. The summed E-state index contributed by atoms with van der Waals surface area (Å²) in [5.41, 5.74) is 0.256. The first-order valence-corrected chi connectivity index (χ1v) is 13.5. The van der Waals surface area contributed by atoms with E-state index in [-0.39, 0.29) is 24.8 Å². The highest BCUT2D eigenvalue weighted by molar-refractivity contribution is 5.89. The lowest BCUT2D eigenvalue weighted by Crippen LogP contribution is -2.74. The summed E-state index contributed by atoms with van der Waals surface area (Å²) in [5.74, 6) is -3.75. The molecule has 0 saturated carbocycles. The molecule has 1 aromatic rings. The van der Waals surface area contributed by atoms with Crippen LogP contribution in [0.5, 0.6) is 5.75 Å². The van der Waals surface area contributed by atoms with Crippen LogP contribution in [0.1, 0.15) is 49.8 Å². The second kappa shape index (κ2) is 10.4. The van der Waals surface area contributed by atoms with Crippen LogP contribution in [0, 0.1) is 0 Å². The van der Waals surface area contributed by atoms with E-state index in [4.69, 9.17) is 19.3 Å². The molecule has 1 saturated heterocycles. The first-order chi connectivity index (χ1) is 19.3. The summed E-state index contributed by atoms with van der Waals surface area (Å²) in [6, 6.07) is 2.31. The third-order valence-electron chi connectivity index (χ3n) is 8.88. The van der Waals surface area contributed by atoms with E-state index in [1.807, 2.05) is 13.1 Å². The van der Waals surface area contributed by atoms with Gasteiger partial charge in [0.25, 0.3) is 5.91 Å². The van der Waals surface area contributed by atoms with Crippen LogP contribution in [-0.4, -0.2) is 98.7 Å². The van der Waals surface area contributed by atoms with Crippen molar-refractivity contribution >= 4 is 23.8 Å². The van der Waals surface area contributed by atoms with Gasteiger partial charge in [0.15, 0.2) is 18.3 Å². The summed E-state index contributed by atoms with van der Waals surface area (Å²) in [5, 5.41) is 43.5. The number of rotatable bonds is 9. The molecule has 5 rings (SSSR count). The Morgan fingerprint density at radius 2 is 1.98 bits per heavy atom. The maximum atomic E-state index is 12.9. The summed E-state index contributed by atoms with van der Waals surface area (Å²) in [7, 11) is 1.96. The molecule has 0 radical (unpaired) electrons. The molecule has 1 aromatic carbocycles. The molecule has 5 N–H and O–H groups in total. The zero-order valence-corrected chi connectivity index (χ0v) is 23.0. The Kier molecular flexibility index (Phi) is 7.35. The number of likely N-dealkylation sites (N-methyl/N-ethyl adjacent to an activating group) is 1. The Balaban J connectivity index is 1.31. The number of aliphatic hydroxyl groups is 3. The van der Waals surface area contributed by atoms with Crippen molar-refractivity contribution in [2.45, 2.75) is 87.5 Å². The topological polar surface area (TPSA) is 192 Å². The summed E-state index contributed by atoms with van der Waals surface area (Å²) in [4.78, 5) is 50.3. The number of carboxylic acid groups (broad SMARTS) is 1. The van der Waals surface area contributed by atoms with Gasteiger partial charge in [0.1, 0.15) is 17.6 Å². The molecule has 13 nitrogen and oxygen atoms in total. The number of amides is 1. The van der Waals surface area contributed by atoms with E-state index >= 15 is 0 Å². The molecule has 2 heterocycles. The highest BCUT2D eigenvalue weighted by Crippen LogP contribution is 2.64. The molecule has 2 aliphatic carbocycles. The van der Waals surface area contributed by atoms with E-state index in [0.29, 0.717) is 30.7 Å². The largest absolute Gasteiger partial charge is 0.481 e. The summed E-state index contributed by atoms with van der Waals surface area (Å²) in [6.45, 7) is 2.82. The van der Waals surface area contributed by atoms with Crippen LogP contribution >= 0.6 is 0 Å². The van der Waals surface area contributed by atoms with E-state index < -0.39 is 65.6 Å². The molecule has 0 aromatic heterocycles. The molecule has 1 spiro atoms. The van der Waals surface area contributed by atoms with E-state index in [9.17, 15) is 34.5 Å². The van der Waals surface area contributed by atoms with Crippen molar-refractivity contribution in [3.8, 4) is 5.75 Å². The first-order valence-electron chi connectivity index (χ1n) is 13.5. The fourth-order valence-electron chi connectivity index (χ4n) is 6.74. The number of likely N-dealkylation sites (tertiary alicyclic amines) is 1. The lowest BCUT2D eigenvalue weighted by atomic mass is 9.50. The Hall–Kier alpha value is -3.52. The molecule has 222 valence electrons. The predicted octanol–water partition coefficient (Wildman–Crippen LogP) is -0.728. The number of esters is 2. The van der Waals surface area contributed by atoms with Crippen LogP contribution in [0.4, 0.5) is 0 Å². The van der Waals surface area contributed by atoms with Crippen LogP contribution in [0.25, 0.3) is 0 Å². The number of hydrogen-bond donors (Lipinski definition) is 5. The maximum Gasteiger partial charge on any atom is 0.336 e. The van der Waals surface area contributed by atoms with Crippen molar-refractivity contribution in [1.82, 2.24) is 10.2 Å². The summed E-state index contributed by atoms with van der Waals surface area (Å²) >= 11 is 0.